The van der Waals surface area contributed by atoms with Crippen LogP contribution < -0.4 is 15.4 Å². The highest BCUT2D eigenvalue weighted by Crippen LogP contribution is 2.32. The molecule has 0 aliphatic carbocycles. The van der Waals surface area contributed by atoms with E-state index in [-0.39, 0.29) is 16.0 Å². The van der Waals surface area contributed by atoms with Crippen molar-refractivity contribution in [2.75, 3.05) is 15.4 Å². The molecule has 0 aliphatic rings. The largest absolute Gasteiger partial charge is 0.332 e. The molecule has 2 aromatic carbocycles. The summed E-state index contributed by atoms with van der Waals surface area (Å²) in [5.41, 5.74) is 1.04. The van der Waals surface area contributed by atoms with Crippen molar-refractivity contribution >= 4 is 79.5 Å². The molecule has 3 aromatic rings. The Labute approximate surface area is 187 Å². The second-order valence-corrected chi connectivity index (χ2v) is 8.84. The summed E-state index contributed by atoms with van der Waals surface area (Å²) < 4.78 is 27.1. The predicted octanol–water partition coefficient (Wildman–Crippen LogP) is 5.05. The highest BCUT2D eigenvalue weighted by atomic mass is 35.5. The summed E-state index contributed by atoms with van der Waals surface area (Å²) in [4.78, 5) is 7.72. The molecule has 12 heteroatoms. The number of hydrogen-bond donors (Lipinski definition) is 3. The van der Waals surface area contributed by atoms with Gasteiger partial charge in [-0.05, 0) is 54.7 Å². The first-order valence-electron chi connectivity index (χ1n) is 7.87. The molecule has 0 unspecified atom stereocenters. The van der Waals surface area contributed by atoms with Crippen LogP contribution in [-0.2, 0) is 10.0 Å². The van der Waals surface area contributed by atoms with E-state index < -0.39 is 10.0 Å². The Morgan fingerprint density at radius 2 is 1.52 bits per heavy atom. The van der Waals surface area contributed by atoms with Crippen LogP contribution in [0, 0.1) is 0 Å². The third-order valence-electron chi connectivity index (χ3n) is 3.47. The van der Waals surface area contributed by atoms with E-state index in [9.17, 15) is 8.42 Å². The third kappa shape index (κ3) is 5.68. The second-order valence-electron chi connectivity index (χ2n) is 5.53. The van der Waals surface area contributed by atoms with Crippen molar-refractivity contribution in [1.82, 2.24) is 9.97 Å². The van der Waals surface area contributed by atoms with Crippen LogP contribution in [0.3, 0.4) is 0 Å². The van der Waals surface area contributed by atoms with Crippen LogP contribution in [-0.4, -0.2) is 23.5 Å². The minimum atomic E-state index is -3.82. The van der Waals surface area contributed by atoms with Crippen molar-refractivity contribution in [3.8, 4) is 0 Å². The molecule has 29 heavy (non-hydrogen) atoms. The van der Waals surface area contributed by atoms with E-state index in [0.29, 0.717) is 26.4 Å². The molecule has 0 atom stereocenters. The van der Waals surface area contributed by atoms with Crippen LogP contribution in [0.25, 0.3) is 0 Å². The van der Waals surface area contributed by atoms with E-state index in [4.69, 9.17) is 47.0 Å². The number of nitrogens with zero attached hydrogens (tertiary/aromatic N) is 2. The lowest BCUT2D eigenvalue weighted by Crippen LogP contribution is -2.19. The Morgan fingerprint density at radius 1 is 0.897 bits per heavy atom. The van der Waals surface area contributed by atoms with Crippen molar-refractivity contribution in [2.24, 2.45) is 0 Å². The maximum atomic E-state index is 12.4. The standard InChI is InChI=1S/C17H12Cl3N5O2S2/c18-12-8-14(20)15(9-13(12)19)24-17(28)23-10-2-4-11(5-3-10)29(26,27)25-16-21-6-1-7-22-16/h1-9H,(H,21,22,25)(H2,23,24,28). The topological polar surface area (TPSA) is 96.0 Å². The van der Waals surface area contributed by atoms with Crippen molar-refractivity contribution in [2.45, 2.75) is 4.90 Å². The molecule has 0 saturated heterocycles. The highest BCUT2D eigenvalue weighted by Gasteiger charge is 2.15. The van der Waals surface area contributed by atoms with Gasteiger partial charge in [-0.15, -0.1) is 0 Å². The number of hydrogen-bond acceptors (Lipinski definition) is 5. The Hall–Kier alpha value is -2.17. The van der Waals surface area contributed by atoms with E-state index in [0.717, 1.165) is 0 Å². The summed E-state index contributed by atoms with van der Waals surface area (Å²) in [6.45, 7) is 0. The summed E-state index contributed by atoms with van der Waals surface area (Å²) in [6, 6.07) is 10.6. The van der Waals surface area contributed by atoms with Gasteiger partial charge in [0.25, 0.3) is 10.0 Å². The zero-order valence-corrected chi connectivity index (χ0v) is 18.3. The second kappa shape index (κ2) is 9.10. The number of benzene rings is 2. The fourth-order valence-corrected chi connectivity index (χ4v) is 3.93. The average molecular weight is 489 g/mol. The fraction of sp³-hybridized carbons (Fsp3) is 0. The van der Waals surface area contributed by atoms with Gasteiger partial charge in [-0.25, -0.2) is 23.1 Å². The first kappa shape index (κ1) is 21.5. The maximum absolute atomic E-state index is 12.4. The minimum Gasteiger partial charge on any atom is -0.332 e. The summed E-state index contributed by atoms with van der Waals surface area (Å²) >= 11 is 23.2. The molecular weight excluding hydrogens is 477 g/mol. The molecule has 150 valence electrons. The molecule has 0 fully saturated rings. The van der Waals surface area contributed by atoms with E-state index >= 15 is 0 Å². The lowest BCUT2D eigenvalue weighted by molar-refractivity contribution is 0.601. The summed E-state index contributed by atoms with van der Waals surface area (Å²) in [7, 11) is -3.82. The Bertz CT molecular complexity index is 1140. The van der Waals surface area contributed by atoms with Gasteiger partial charge >= 0.3 is 0 Å². The van der Waals surface area contributed by atoms with Gasteiger partial charge in [0.15, 0.2) is 5.11 Å². The number of anilines is 3. The lowest BCUT2D eigenvalue weighted by Gasteiger charge is -2.13. The number of halogens is 3. The number of aromatic nitrogens is 2. The normalized spacial score (nSPS) is 11.0. The number of nitrogens with one attached hydrogen (secondary N) is 3. The van der Waals surface area contributed by atoms with Crippen LogP contribution in [0.4, 0.5) is 17.3 Å². The number of rotatable bonds is 5. The van der Waals surface area contributed by atoms with E-state index in [1.165, 1.54) is 30.6 Å². The van der Waals surface area contributed by atoms with Crippen LogP contribution >= 0.6 is 47.0 Å². The quantitative estimate of drug-likeness (QED) is 0.342. The van der Waals surface area contributed by atoms with E-state index in [1.807, 2.05) is 0 Å². The Morgan fingerprint density at radius 3 is 2.17 bits per heavy atom. The average Bonchev–Trinajstić information content (AvgIpc) is 2.67. The molecule has 7 nitrogen and oxygen atoms in total. The van der Waals surface area contributed by atoms with Crippen LogP contribution in [0.2, 0.25) is 15.1 Å². The minimum absolute atomic E-state index is 0.0152. The predicted molar refractivity (Wildman–Crippen MR) is 121 cm³/mol. The van der Waals surface area contributed by atoms with Gasteiger partial charge in [-0.1, -0.05) is 34.8 Å². The zero-order valence-electron chi connectivity index (χ0n) is 14.4. The molecule has 0 amide bonds. The molecule has 1 heterocycles. The van der Waals surface area contributed by atoms with Gasteiger partial charge < -0.3 is 10.6 Å². The summed E-state index contributed by atoms with van der Waals surface area (Å²) in [5, 5.41) is 7.06. The molecular formula is C17H12Cl3N5O2S2. The van der Waals surface area contributed by atoms with Gasteiger partial charge in [0.1, 0.15) is 0 Å². The van der Waals surface area contributed by atoms with Crippen LogP contribution in [0.15, 0.2) is 59.8 Å². The summed E-state index contributed by atoms with van der Waals surface area (Å²) in [6.07, 6.45) is 2.87. The lowest BCUT2D eigenvalue weighted by atomic mass is 10.3. The first-order chi connectivity index (χ1) is 13.7. The van der Waals surface area contributed by atoms with Gasteiger partial charge in [0.05, 0.1) is 25.7 Å². The fourth-order valence-electron chi connectivity index (χ4n) is 2.15. The van der Waals surface area contributed by atoms with E-state index in [2.05, 4.69) is 25.3 Å². The van der Waals surface area contributed by atoms with Gasteiger partial charge in [0.2, 0.25) is 5.95 Å². The monoisotopic (exact) mass is 487 g/mol. The third-order valence-corrected chi connectivity index (χ3v) is 6.06. The molecule has 3 N–H and O–H groups in total. The molecule has 3 rings (SSSR count). The van der Waals surface area contributed by atoms with Crippen molar-refractivity contribution in [3.05, 3.63) is 69.9 Å². The van der Waals surface area contributed by atoms with Crippen LogP contribution in [0.5, 0.6) is 0 Å². The Balaban J connectivity index is 1.67. The Kier molecular flexibility index (Phi) is 6.76. The maximum Gasteiger partial charge on any atom is 0.264 e. The van der Waals surface area contributed by atoms with Crippen LogP contribution in [0.1, 0.15) is 0 Å². The molecule has 0 aliphatic heterocycles. The van der Waals surface area contributed by atoms with Crippen molar-refractivity contribution in [3.63, 3.8) is 0 Å². The van der Waals surface area contributed by atoms with E-state index in [1.54, 1.807) is 24.3 Å². The van der Waals surface area contributed by atoms with Crippen molar-refractivity contribution < 1.29 is 8.42 Å². The molecule has 0 spiro atoms. The van der Waals surface area contributed by atoms with Gasteiger partial charge in [-0.2, -0.15) is 0 Å². The molecule has 1 aromatic heterocycles. The van der Waals surface area contributed by atoms with Crippen molar-refractivity contribution in [1.29, 1.82) is 0 Å². The first-order valence-corrected chi connectivity index (χ1v) is 10.9. The molecule has 0 bridgehead atoms. The number of sulfonamides is 1. The summed E-state index contributed by atoms with van der Waals surface area (Å²) in [5.74, 6) is -0.0152. The van der Waals surface area contributed by atoms with Gasteiger partial charge in [0, 0.05) is 18.1 Å². The molecule has 0 radical (unpaired) electrons. The molecule has 0 saturated carbocycles. The highest BCUT2D eigenvalue weighted by molar-refractivity contribution is 7.92. The number of thiocarbonyl (C=S) groups is 1. The smallest absolute Gasteiger partial charge is 0.264 e. The zero-order chi connectivity index (χ0) is 21.0. The SMILES string of the molecule is O=S(=O)(Nc1ncccn1)c1ccc(NC(=S)Nc2cc(Cl)c(Cl)cc2Cl)cc1. The van der Waals surface area contributed by atoms with Gasteiger partial charge in [-0.3, -0.25) is 0 Å².